The van der Waals surface area contributed by atoms with E-state index in [4.69, 9.17) is 10.5 Å². The molecule has 21 heavy (non-hydrogen) atoms. The summed E-state index contributed by atoms with van der Waals surface area (Å²) in [5.41, 5.74) is 6.59. The van der Waals surface area contributed by atoms with Crippen molar-refractivity contribution in [1.82, 2.24) is 4.31 Å². The van der Waals surface area contributed by atoms with Crippen LogP contribution < -0.4 is 10.5 Å². The van der Waals surface area contributed by atoms with Gasteiger partial charge in [0, 0.05) is 0 Å². The molecule has 0 aliphatic carbocycles. The van der Waals surface area contributed by atoms with Gasteiger partial charge < -0.3 is 10.5 Å². The zero-order chi connectivity index (χ0) is 15.7. The van der Waals surface area contributed by atoms with E-state index in [0.29, 0.717) is 12.3 Å². The van der Waals surface area contributed by atoms with E-state index >= 15 is 0 Å². The molecule has 0 unspecified atom stereocenters. The van der Waals surface area contributed by atoms with Gasteiger partial charge in [0.05, 0.1) is 6.54 Å². The van der Waals surface area contributed by atoms with E-state index in [1.54, 1.807) is 12.1 Å². The van der Waals surface area contributed by atoms with Gasteiger partial charge >= 0.3 is 0 Å². The first-order chi connectivity index (χ1) is 9.80. The maximum atomic E-state index is 11.9. The Labute approximate surface area is 124 Å². The van der Waals surface area contributed by atoms with Gasteiger partial charge in [0.2, 0.25) is 0 Å². The van der Waals surface area contributed by atoms with Gasteiger partial charge in [-0.2, -0.15) is 0 Å². The Balaban J connectivity index is 1.87. The number of ether oxygens (including phenoxy) is 1. The molecule has 0 radical (unpaired) electrons. The van der Waals surface area contributed by atoms with Crippen LogP contribution in [0.2, 0.25) is 0 Å². The second kappa shape index (κ2) is 5.65. The van der Waals surface area contributed by atoms with Crippen molar-refractivity contribution in [3.8, 4) is 5.75 Å². The largest absolute Gasteiger partial charge is 0.492 e. The summed E-state index contributed by atoms with van der Waals surface area (Å²) in [7, 11) is -3.53. The van der Waals surface area contributed by atoms with Gasteiger partial charge in [-0.25, -0.2) is 12.7 Å². The Morgan fingerprint density at radius 2 is 1.86 bits per heavy atom. The fourth-order valence-electron chi connectivity index (χ4n) is 2.14. The molecule has 2 rings (SSSR count). The molecule has 6 nitrogen and oxygen atoms in total. The summed E-state index contributed by atoms with van der Waals surface area (Å²) in [6, 6.07) is 7.44. The van der Waals surface area contributed by atoms with Crippen LogP contribution in [-0.2, 0) is 21.2 Å². The van der Waals surface area contributed by atoms with Gasteiger partial charge in [-0.15, -0.1) is 0 Å². The summed E-state index contributed by atoms with van der Waals surface area (Å²) in [5, 5.41) is 0. The van der Waals surface area contributed by atoms with Crippen LogP contribution in [0.3, 0.4) is 0 Å². The number of nitrogens with zero attached hydrogens (tertiary/aromatic N) is 1. The van der Waals surface area contributed by atoms with Crippen LogP contribution in [0.4, 0.5) is 0 Å². The van der Waals surface area contributed by atoms with E-state index in [-0.39, 0.29) is 19.1 Å². The van der Waals surface area contributed by atoms with E-state index in [1.165, 1.54) is 13.8 Å². The highest BCUT2D eigenvalue weighted by Crippen LogP contribution is 2.34. The first-order valence-electron chi connectivity index (χ1n) is 6.79. The molecule has 1 aromatic carbocycles. The zero-order valence-corrected chi connectivity index (χ0v) is 13.0. The monoisotopic (exact) mass is 312 g/mol. The van der Waals surface area contributed by atoms with Gasteiger partial charge in [0.25, 0.3) is 15.9 Å². The highest BCUT2D eigenvalue weighted by atomic mass is 32.2. The summed E-state index contributed by atoms with van der Waals surface area (Å²) in [4.78, 5) is 11.7. The predicted molar refractivity (Wildman–Crippen MR) is 79.4 cm³/mol. The van der Waals surface area contributed by atoms with Crippen molar-refractivity contribution in [3.05, 3.63) is 29.8 Å². The molecule has 1 fully saturated rings. The summed E-state index contributed by atoms with van der Waals surface area (Å²) in [6.45, 7) is 3.59. The molecule has 1 amide bonds. The molecule has 0 atom stereocenters. The third-order valence-electron chi connectivity index (χ3n) is 3.60. The van der Waals surface area contributed by atoms with Gasteiger partial charge in [0.1, 0.15) is 12.4 Å². The molecular formula is C14H20N2O4S. The normalized spacial score (nSPS) is 19.2. The Hall–Kier alpha value is -1.60. The molecule has 2 N–H and O–H groups in total. The van der Waals surface area contributed by atoms with Crippen LogP contribution in [0.15, 0.2) is 24.3 Å². The minimum absolute atomic E-state index is 0.0369. The molecule has 0 bridgehead atoms. The Kier molecular flexibility index (Phi) is 4.25. The Bertz CT molecular complexity index is 623. The van der Waals surface area contributed by atoms with Crippen molar-refractivity contribution in [1.29, 1.82) is 0 Å². The summed E-state index contributed by atoms with van der Waals surface area (Å²) >= 11 is 0. The van der Waals surface area contributed by atoms with Crippen LogP contribution in [-0.4, -0.2) is 43.1 Å². The van der Waals surface area contributed by atoms with Crippen molar-refractivity contribution in [2.45, 2.75) is 25.0 Å². The summed E-state index contributed by atoms with van der Waals surface area (Å²) < 4.78 is 28.8. The Morgan fingerprint density at radius 1 is 1.24 bits per heavy atom. The lowest BCUT2D eigenvalue weighted by Crippen LogP contribution is -2.67. The number of hydrogen-bond acceptors (Lipinski definition) is 5. The molecule has 1 heterocycles. The van der Waals surface area contributed by atoms with Crippen molar-refractivity contribution >= 4 is 15.9 Å². The molecule has 1 aliphatic heterocycles. The fourth-order valence-corrected chi connectivity index (χ4v) is 3.65. The van der Waals surface area contributed by atoms with Crippen LogP contribution in [0.25, 0.3) is 0 Å². The molecule has 1 aromatic rings. The number of hydrogen-bond donors (Lipinski definition) is 1. The summed E-state index contributed by atoms with van der Waals surface area (Å²) in [6.07, 6.45) is 0.801. The highest BCUT2D eigenvalue weighted by molar-refractivity contribution is 7.94. The van der Waals surface area contributed by atoms with Crippen LogP contribution in [0.1, 0.15) is 19.4 Å². The Morgan fingerprint density at radius 3 is 2.38 bits per heavy atom. The minimum Gasteiger partial charge on any atom is -0.492 e. The van der Waals surface area contributed by atoms with Gasteiger partial charge in [-0.3, -0.25) is 4.79 Å². The fraction of sp³-hybridized carbons (Fsp3) is 0.500. The van der Waals surface area contributed by atoms with Crippen molar-refractivity contribution in [3.63, 3.8) is 0 Å². The molecule has 7 heteroatoms. The number of nitrogens with two attached hydrogens (primary N) is 1. The first-order valence-corrected chi connectivity index (χ1v) is 8.23. The maximum absolute atomic E-state index is 11.9. The van der Waals surface area contributed by atoms with Crippen LogP contribution >= 0.6 is 0 Å². The molecule has 1 saturated heterocycles. The van der Waals surface area contributed by atoms with Crippen LogP contribution in [0, 0.1) is 0 Å². The average molecular weight is 312 g/mol. The standard InChI is InChI=1S/C14H20N2O4S/c1-14(2)13(17)16(21(14,18)19)9-10-20-12-5-3-11(4-6-12)7-8-15/h3-6H,7-10,15H2,1-2H3. The van der Waals surface area contributed by atoms with Crippen molar-refractivity contribution in [2.24, 2.45) is 5.73 Å². The lowest BCUT2D eigenvalue weighted by Gasteiger charge is -2.42. The van der Waals surface area contributed by atoms with Gasteiger partial charge in [-0.05, 0) is 44.5 Å². The highest BCUT2D eigenvalue weighted by Gasteiger charge is 2.59. The second-order valence-electron chi connectivity index (χ2n) is 5.42. The smallest absolute Gasteiger partial charge is 0.259 e. The predicted octanol–water partition coefficient (Wildman–Crippen LogP) is 0.517. The van der Waals surface area contributed by atoms with Crippen molar-refractivity contribution < 1.29 is 17.9 Å². The lowest BCUT2D eigenvalue weighted by atomic mass is 10.1. The van der Waals surface area contributed by atoms with Gasteiger partial charge in [0.15, 0.2) is 4.75 Å². The topological polar surface area (TPSA) is 89.7 Å². The quantitative estimate of drug-likeness (QED) is 0.827. The average Bonchev–Trinajstić information content (AvgIpc) is 2.44. The van der Waals surface area contributed by atoms with E-state index < -0.39 is 14.8 Å². The lowest BCUT2D eigenvalue weighted by molar-refractivity contribution is -0.132. The molecule has 1 aliphatic rings. The van der Waals surface area contributed by atoms with Gasteiger partial charge in [-0.1, -0.05) is 12.1 Å². The van der Waals surface area contributed by atoms with E-state index in [0.717, 1.165) is 16.3 Å². The molecule has 0 aromatic heterocycles. The maximum Gasteiger partial charge on any atom is 0.259 e. The molecular weight excluding hydrogens is 292 g/mol. The number of benzene rings is 1. The van der Waals surface area contributed by atoms with E-state index in [9.17, 15) is 13.2 Å². The number of carbonyl (C=O) groups excluding carboxylic acids is 1. The number of rotatable bonds is 6. The SMILES string of the molecule is CC1(C)C(=O)N(CCOc2ccc(CCN)cc2)S1(=O)=O. The second-order valence-corrected chi connectivity index (χ2v) is 7.84. The molecule has 0 spiro atoms. The number of sulfonamides is 1. The van der Waals surface area contributed by atoms with Crippen molar-refractivity contribution in [2.75, 3.05) is 19.7 Å². The minimum atomic E-state index is -3.53. The van der Waals surface area contributed by atoms with Crippen LogP contribution in [0.5, 0.6) is 5.75 Å². The first kappa shape index (κ1) is 15.8. The van der Waals surface area contributed by atoms with E-state index in [2.05, 4.69) is 0 Å². The van der Waals surface area contributed by atoms with E-state index in [1.807, 2.05) is 12.1 Å². The molecule has 116 valence electrons. The molecule has 0 saturated carbocycles. The third kappa shape index (κ3) is 2.75. The zero-order valence-electron chi connectivity index (χ0n) is 12.2. The number of carbonyl (C=O) groups is 1. The third-order valence-corrected chi connectivity index (χ3v) is 5.99. The number of amides is 1. The summed E-state index contributed by atoms with van der Waals surface area (Å²) in [5.74, 6) is 0.254.